The van der Waals surface area contributed by atoms with Crippen LogP contribution in [0.4, 0.5) is 10.1 Å². The minimum absolute atomic E-state index is 0.108. The molecular formula is C10H14BrFN2O3S. The van der Waals surface area contributed by atoms with Gasteiger partial charge in [-0.2, -0.15) is 12.7 Å². The molecule has 0 unspecified atom stereocenters. The standard InChI is InChI=1S/C10H14BrFN2O3S/c1-14(6-3-7-15)18(16,17)13-10-8(11)4-2-5-9(10)12/h2,4-5,13,15H,3,6-7H2,1H3. The van der Waals surface area contributed by atoms with Crippen LogP contribution in [0, 0.1) is 5.82 Å². The molecule has 0 amide bonds. The fourth-order valence-electron chi connectivity index (χ4n) is 1.22. The highest BCUT2D eigenvalue weighted by atomic mass is 79.9. The maximum Gasteiger partial charge on any atom is 0.301 e. The van der Waals surface area contributed by atoms with Gasteiger partial charge in [0.15, 0.2) is 0 Å². The van der Waals surface area contributed by atoms with Crippen LogP contribution in [0.5, 0.6) is 0 Å². The van der Waals surface area contributed by atoms with Crippen molar-refractivity contribution in [3.63, 3.8) is 0 Å². The molecule has 0 aliphatic carbocycles. The van der Waals surface area contributed by atoms with Crippen molar-refractivity contribution in [2.24, 2.45) is 0 Å². The molecule has 2 N–H and O–H groups in total. The summed E-state index contributed by atoms with van der Waals surface area (Å²) in [4.78, 5) is 0. The zero-order valence-electron chi connectivity index (χ0n) is 9.73. The average Bonchev–Trinajstić information content (AvgIpc) is 2.31. The van der Waals surface area contributed by atoms with Crippen LogP contribution in [0.15, 0.2) is 22.7 Å². The van der Waals surface area contributed by atoms with Gasteiger partial charge in [-0.15, -0.1) is 0 Å². The SMILES string of the molecule is CN(CCCO)S(=O)(=O)Nc1c(F)cccc1Br. The molecule has 0 saturated heterocycles. The van der Waals surface area contributed by atoms with E-state index in [4.69, 9.17) is 5.11 Å². The maximum absolute atomic E-state index is 13.5. The Labute approximate surface area is 114 Å². The Bertz CT molecular complexity index is 490. The second-order valence-corrected chi connectivity index (χ2v) is 6.23. The number of para-hydroxylation sites is 1. The molecule has 1 aromatic carbocycles. The molecule has 0 aliphatic rings. The molecule has 5 nitrogen and oxygen atoms in total. The molecule has 1 aromatic rings. The molecule has 0 spiro atoms. The van der Waals surface area contributed by atoms with E-state index in [0.717, 1.165) is 10.4 Å². The van der Waals surface area contributed by atoms with Crippen LogP contribution in [0.2, 0.25) is 0 Å². The minimum atomic E-state index is -3.83. The van der Waals surface area contributed by atoms with Crippen molar-refractivity contribution in [2.75, 3.05) is 24.9 Å². The number of rotatable bonds is 6. The van der Waals surface area contributed by atoms with Crippen molar-refractivity contribution < 1.29 is 17.9 Å². The zero-order valence-corrected chi connectivity index (χ0v) is 12.1. The van der Waals surface area contributed by atoms with E-state index in [2.05, 4.69) is 20.7 Å². The highest BCUT2D eigenvalue weighted by molar-refractivity contribution is 9.10. The summed E-state index contributed by atoms with van der Waals surface area (Å²) in [6.07, 6.45) is 0.315. The Morgan fingerprint density at radius 3 is 2.72 bits per heavy atom. The highest BCUT2D eigenvalue weighted by Crippen LogP contribution is 2.26. The molecule has 0 atom stereocenters. The average molecular weight is 341 g/mol. The Morgan fingerprint density at radius 1 is 1.50 bits per heavy atom. The van der Waals surface area contributed by atoms with Gasteiger partial charge in [0.2, 0.25) is 0 Å². The quantitative estimate of drug-likeness (QED) is 0.825. The predicted octanol–water partition coefficient (Wildman–Crippen LogP) is 1.56. The number of anilines is 1. The van der Waals surface area contributed by atoms with Crippen molar-refractivity contribution in [3.8, 4) is 0 Å². The third-order valence-corrected chi connectivity index (χ3v) is 4.36. The Hall–Kier alpha value is -0.700. The second kappa shape index (κ2) is 6.46. The number of nitrogens with one attached hydrogen (secondary N) is 1. The largest absolute Gasteiger partial charge is 0.396 e. The Kier molecular flexibility index (Phi) is 5.51. The summed E-state index contributed by atoms with van der Waals surface area (Å²) in [5.41, 5.74) is -0.131. The van der Waals surface area contributed by atoms with Gasteiger partial charge in [-0.3, -0.25) is 4.72 Å². The van der Waals surface area contributed by atoms with Crippen molar-refractivity contribution in [1.29, 1.82) is 0 Å². The van der Waals surface area contributed by atoms with Crippen LogP contribution in [0.1, 0.15) is 6.42 Å². The van der Waals surface area contributed by atoms with Gasteiger partial charge in [0.25, 0.3) is 0 Å². The lowest BCUT2D eigenvalue weighted by Gasteiger charge is -2.18. The van der Waals surface area contributed by atoms with Crippen LogP contribution in [-0.4, -0.2) is 38.0 Å². The molecule has 0 bridgehead atoms. The van der Waals surface area contributed by atoms with Crippen LogP contribution in [0.25, 0.3) is 0 Å². The first kappa shape index (κ1) is 15.4. The van der Waals surface area contributed by atoms with Crippen molar-refractivity contribution >= 4 is 31.8 Å². The first-order chi connectivity index (χ1) is 8.38. The number of aliphatic hydroxyl groups excluding tert-OH is 1. The van der Waals surface area contributed by atoms with Crippen molar-refractivity contribution in [2.45, 2.75) is 6.42 Å². The van der Waals surface area contributed by atoms with Crippen LogP contribution in [0.3, 0.4) is 0 Å². The first-order valence-corrected chi connectivity index (χ1v) is 7.40. The molecule has 1 rings (SSSR count). The maximum atomic E-state index is 13.5. The third kappa shape index (κ3) is 3.91. The van der Waals surface area contributed by atoms with Gasteiger partial charge >= 0.3 is 10.2 Å². The molecule has 18 heavy (non-hydrogen) atoms. The van der Waals surface area contributed by atoms with E-state index in [0.29, 0.717) is 10.9 Å². The van der Waals surface area contributed by atoms with Crippen LogP contribution < -0.4 is 4.72 Å². The summed E-state index contributed by atoms with van der Waals surface area (Å²) in [5.74, 6) is -0.663. The fraction of sp³-hybridized carbons (Fsp3) is 0.400. The summed E-state index contributed by atoms with van der Waals surface area (Å²) in [6.45, 7) is 0.0428. The lowest BCUT2D eigenvalue weighted by molar-refractivity contribution is 0.276. The number of halogens is 2. The van der Waals surface area contributed by atoms with Gasteiger partial charge in [0.1, 0.15) is 5.82 Å². The number of hydrogen-bond donors (Lipinski definition) is 2. The molecule has 0 aliphatic heterocycles. The van der Waals surface area contributed by atoms with Gasteiger partial charge in [0.05, 0.1) is 5.69 Å². The summed E-state index contributed by atoms with van der Waals surface area (Å²) in [7, 11) is -2.47. The van der Waals surface area contributed by atoms with E-state index in [1.807, 2.05) is 0 Å². The summed E-state index contributed by atoms with van der Waals surface area (Å²) in [6, 6.07) is 4.16. The molecule has 102 valence electrons. The molecule has 0 fully saturated rings. The van der Waals surface area contributed by atoms with E-state index in [9.17, 15) is 12.8 Å². The summed E-state index contributed by atoms with van der Waals surface area (Å²) < 4.78 is 40.7. The van der Waals surface area contributed by atoms with E-state index in [-0.39, 0.29) is 18.8 Å². The topological polar surface area (TPSA) is 69.6 Å². The predicted molar refractivity (Wildman–Crippen MR) is 71.0 cm³/mol. The summed E-state index contributed by atoms with van der Waals surface area (Å²) >= 11 is 3.08. The van der Waals surface area contributed by atoms with Gasteiger partial charge in [0, 0.05) is 24.7 Å². The third-order valence-electron chi connectivity index (χ3n) is 2.24. The lowest BCUT2D eigenvalue weighted by Crippen LogP contribution is -2.34. The highest BCUT2D eigenvalue weighted by Gasteiger charge is 2.20. The molecule has 0 aromatic heterocycles. The molecular weight excluding hydrogens is 327 g/mol. The van der Waals surface area contributed by atoms with Crippen LogP contribution >= 0.6 is 15.9 Å². The van der Waals surface area contributed by atoms with Crippen molar-refractivity contribution in [3.05, 3.63) is 28.5 Å². The number of nitrogens with zero attached hydrogens (tertiary/aromatic N) is 1. The molecule has 0 saturated carbocycles. The van der Waals surface area contributed by atoms with E-state index < -0.39 is 16.0 Å². The Morgan fingerprint density at radius 2 is 2.17 bits per heavy atom. The van der Waals surface area contributed by atoms with Gasteiger partial charge in [-0.25, -0.2) is 4.39 Å². The van der Waals surface area contributed by atoms with Gasteiger partial charge < -0.3 is 5.11 Å². The normalized spacial score (nSPS) is 11.8. The monoisotopic (exact) mass is 340 g/mol. The van der Waals surface area contributed by atoms with E-state index >= 15 is 0 Å². The first-order valence-electron chi connectivity index (χ1n) is 5.17. The zero-order chi connectivity index (χ0) is 13.8. The number of benzene rings is 1. The molecule has 8 heteroatoms. The second-order valence-electron chi connectivity index (χ2n) is 3.60. The lowest BCUT2D eigenvalue weighted by atomic mass is 10.3. The fourth-order valence-corrected chi connectivity index (χ4v) is 2.78. The smallest absolute Gasteiger partial charge is 0.301 e. The van der Waals surface area contributed by atoms with Crippen LogP contribution in [-0.2, 0) is 10.2 Å². The Balaban J connectivity index is 2.89. The number of hydrogen-bond acceptors (Lipinski definition) is 3. The molecule has 0 radical (unpaired) electrons. The van der Waals surface area contributed by atoms with Gasteiger partial charge in [-0.05, 0) is 34.5 Å². The van der Waals surface area contributed by atoms with Gasteiger partial charge in [-0.1, -0.05) is 6.07 Å². The summed E-state index contributed by atoms with van der Waals surface area (Å²) in [5, 5.41) is 8.65. The van der Waals surface area contributed by atoms with E-state index in [1.54, 1.807) is 0 Å². The van der Waals surface area contributed by atoms with Crippen molar-refractivity contribution in [1.82, 2.24) is 4.31 Å². The molecule has 0 heterocycles. The number of aliphatic hydroxyl groups is 1. The van der Waals surface area contributed by atoms with E-state index in [1.165, 1.54) is 19.2 Å². The minimum Gasteiger partial charge on any atom is -0.396 e.